The Balaban J connectivity index is 1.69. The second-order valence-corrected chi connectivity index (χ2v) is 7.92. The van der Waals surface area contributed by atoms with Crippen LogP contribution in [0.2, 0.25) is 0 Å². The van der Waals surface area contributed by atoms with E-state index in [-0.39, 0.29) is 29.5 Å². The van der Waals surface area contributed by atoms with Gasteiger partial charge in [0.25, 0.3) is 0 Å². The zero-order valence-electron chi connectivity index (χ0n) is 17.7. The number of hydrazone groups is 1. The van der Waals surface area contributed by atoms with Gasteiger partial charge in [-0.2, -0.15) is 5.10 Å². The van der Waals surface area contributed by atoms with E-state index in [1.807, 2.05) is 19.1 Å². The first-order valence-electron chi connectivity index (χ1n) is 9.87. The number of rotatable bonds is 10. The van der Waals surface area contributed by atoms with E-state index in [0.29, 0.717) is 17.3 Å². The summed E-state index contributed by atoms with van der Waals surface area (Å²) in [4.78, 5) is 27.4. The predicted molar refractivity (Wildman–Crippen MR) is 124 cm³/mol. The lowest BCUT2D eigenvalue weighted by atomic mass is 10.1. The second kappa shape index (κ2) is 10.5. The maximum atomic E-state index is 12.2. The maximum absolute atomic E-state index is 12.2. The number of nitrogen functional groups attached to an aromatic ring is 1. The number of nitrogens with zero attached hydrogens (tertiary/aromatic N) is 3. The van der Waals surface area contributed by atoms with Gasteiger partial charge >= 0.3 is 5.69 Å². The van der Waals surface area contributed by atoms with Crippen molar-refractivity contribution in [2.75, 3.05) is 19.5 Å². The lowest BCUT2D eigenvalue weighted by Gasteiger charge is -2.11. The van der Waals surface area contributed by atoms with Gasteiger partial charge in [-0.05, 0) is 30.2 Å². The van der Waals surface area contributed by atoms with Gasteiger partial charge in [-0.1, -0.05) is 30.7 Å². The average molecular weight is 458 g/mol. The number of nitrogens with one attached hydrogen (secondary N) is 1. The molecule has 1 heterocycles. The van der Waals surface area contributed by atoms with Crippen LogP contribution >= 0.6 is 11.3 Å². The van der Waals surface area contributed by atoms with Crippen molar-refractivity contribution >= 4 is 44.5 Å². The van der Waals surface area contributed by atoms with Gasteiger partial charge in [0, 0.05) is 11.6 Å². The van der Waals surface area contributed by atoms with Crippen molar-refractivity contribution in [2.24, 2.45) is 5.10 Å². The number of aromatic nitrogens is 1. The Morgan fingerprint density at radius 1 is 1.38 bits per heavy atom. The average Bonchev–Trinajstić information content (AvgIpc) is 3.13. The predicted octanol–water partition coefficient (Wildman–Crippen LogP) is 3.67. The normalized spacial score (nSPS) is 11.1. The third-order valence-corrected chi connectivity index (χ3v) is 5.30. The van der Waals surface area contributed by atoms with Gasteiger partial charge in [0.2, 0.25) is 11.7 Å². The molecular weight excluding hydrogens is 434 g/mol. The van der Waals surface area contributed by atoms with Crippen LogP contribution in [0.5, 0.6) is 11.5 Å². The zero-order valence-corrected chi connectivity index (χ0v) is 18.5. The molecule has 3 rings (SSSR count). The zero-order chi connectivity index (χ0) is 23.1. The molecule has 32 heavy (non-hydrogen) atoms. The van der Waals surface area contributed by atoms with E-state index in [9.17, 15) is 14.9 Å². The van der Waals surface area contributed by atoms with Crippen molar-refractivity contribution in [1.29, 1.82) is 0 Å². The quantitative estimate of drug-likeness (QED) is 0.205. The first kappa shape index (κ1) is 22.9. The molecule has 0 fully saturated rings. The SMILES string of the molecule is CCCCOc1c(OC)cc(/C=N\NC(=O)Cc2ccc3nc(N)sc3c2)cc1[N+](=O)[O-]. The molecule has 1 amide bonds. The Labute approximate surface area is 188 Å². The summed E-state index contributed by atoms with van der Waals surface area (Å²) in [6.07, 6.45) is 3.08. The lowest BCUT2D eigenvalue weighted by molar-refractivity contribution is -0.386. The number of nitro benzene ring substituents is 1. The smallest absolute Gasteiger partial charge is 0.315 e. The highest BCUT2D eigenvalue weighted by Gasteiger charge is 2.22. The molecule has 0 atom stereocenters. The number of carbonyl (C=O) groups excluding carboxylic acids is 1. The molecule has 0 spiro atoms. The number of nitrogens with two attached hydrogens (primary N) is 1. The van der Waals surface area contributed by atoms with E-state index in [1.54, 1.807) is 12.1 Å². The minimum Gasteiger partial charge on any atom is -0.493 e. The molecule has 0 bridgehead atoms. The number of thiazole rings is 1. The number of unbranched alkanes of at least 4 members (excludes halogenated alkanes) is 1. The number of hydrogen-bond acceptors (Lipinski definition) is 9. The molecule has 0 radical (unpaired) electrons. The number of benzene rings is 2. The topological polar surface area (TPSA) is 142 Å². The van der Waals surface area contributed by atoms with Gasteiger partial charge < -0.3 is 15.2 Å². The van der Waals surface area contributed by atoms with E-state index < -0.39 is 4.92 Å². The summed E-state index contributed by atoms with van der Waals surface area (Å²) in [6, 6.07) is 8.35. The van der Waals surface area contributed by atoms with Crippen molar-refractivity contribution in [3.8, 4) is 11.5 Å². The molecule has 0 unspecified atom stereocenters. The Bertz CT molecular complexity index is 1160. The lowest BCUT2D eigenvalue weighted by Crippen LogP contribution is -2.19. The van der Waals surface area contributed by atoms with Crippen molar-refractivity contribution < 1.29 is 19.2 Å². The summed E-state index contributed by atoms with van der Waals surface area (Å²) in [5.74, 6) is -0.0366. The first-order valence-corrected chi connectivity index (χ1v) is 10.7. The number of nitro groups is 1. The van der Waals surface area contributed by atoms with Crippen molar-refractivity contribution in [3.05, 3.63) is 51.6 Å². The highest BCUT2D eigenvalue weighted by Crippen LogP contribution is 2.38. The molecule has 0 saturated carbocycles. The van der Waals surface area contributed by atoms with E-state index in [1.165, 1.54) is 30.7 Å². The van der Waals surface area contributed by atoms with Gasteiger partial charge in [0.15, 0.2) is 10.9 Å². The van der Waals surface area contributed by atoms with Crippen molar-refractivity contribution in [1.82, 2.24) is 10.4 Å². The van der Waals surface area contributed by atoms with Crippen LogP contribution in [-0.2, 0) is 11.2 Å². The fraction of sp³-hybridized carbons (Fsp3) is 0.286. The third-order valence-electron chi connectivity index (χ3n) is 4.46. The number of fused-ring (bicyclic) bond motifs is 1. The molecule has 2 aromatic carbocycles. The number of methoxy groups -OCH3 is 1. The van der Waals surface area contributed by atoms with Crippen LogP contribution in [-0.4, -0.2) is 35.7 Å². The molecule has 0 aliphatic rings. The van der Waals surface area contributed by atoms with Crippen LogP contribution in [0.4, 0.5) is 10.8 Å². The molecule has 0 aliphatic carbocycles. The van der Waals surface area contributed by atoms with Crippen LogP contribution in [0.15, 0.2) is 35.4 Å². The highest BCUT2D eigenvalue weighted by atomic mass is 32.1. The Kier molecular flexibility index (Phi) is 7.55. The number of anilines is 1. The third kappa shape index (κ3) is 5.70. The Morgan fingerprint density at radius 3 is 2.91 bits per heavy atom. The fourth-order valence-corrected chi connectivity index (χ4v) is 3.73. The minimum atomic E-state index is -0.540. The second-order valence-electron chi connectivity index (χ2n) is 6.85. The van der Waals surface area contributed by atoms with Gasteiger partial charge in [0.05, 0.1) is 41.5 Å². The van der Waals surface area contributed by atoms with Crippen LogP contribution < -0.4 is 20.6 Å². The summed E-state index contributed by atoms with van der Waals surface area (Å²) in [5, 5.41) is 15.9. The number of amides is 1. The minimum absolute atomic E-state index is 0.0752. The summed E-state index contributed by atoms with van der Waals surface area (Å²) >= 11 is 1.35. The molecule has 0 saturated heterocycles. The van der Waals surface area contributed by atoms with Gasteiger partial charge in [-0.3, -0.25) is 14.9 Å². The van der Waals surface area contributed by atoms with Crippen LogP contribution in [0.25, 0.3) is 10.2 Å². The van der Waals surface area contributed by atoms with Crippen LogP contribution in [0.3, 0.4) is 0 Å². The molecule has 1 aromatic heterocycles. The van der Waals surface area contributed by atoms with E-state index in [4.69, 9.17) is 15.2 Å². The van der Waals surface area contributed by atoms with Gasteiger partial charge in [-0.25, -0.2) is 10.4 Å². The summed E-state index contributed by atoms with van der Waals surface area (Å²) < 4.78 is 11.7. The monoisotopic (exact) mass is 457 g/mol. The van der Waals surface area contributed by atoms with Gasteiger partial charge in [0.1, 0.15) is 0 Å². The van der Waals surface area contributed by atoms with Crippen molar-refractivity contribution in [3.63, 3.8) is 0 Å². The first-order chi connectivity index (χ1) is 15.4. The molecule has 10 nitrogen and oxygen atoms in total. The van der Waals surface area contributed by atoms with Crippen LogP contribution in [0, 0.1) is 10.1 Å². The fourth-order valence-electron chi connectivity index (χ4n) is 2.93. The van der Waals surface area contributed by atoms with E-state index in [0.717, 1.165) is 28.6 Å². The largest absolute Gasteiger partial charge is 0.493 e. The van der Waals surface area contributed by atoms with E-state index >= 15 is 0 Å². The van der Waals surface area contributed by atoms with Crippen molar-refractivity contribution in [2.45, 2.75) is 26.2 Å². The maximum Gasteiger partial charge on any atom is 0.315 e. The molecule has 11 heteroatoms. The number of ether oxygens (including phenoxy) is 2. The summed E-state index contributed by atoms with van der Waals surface area (Å²) in [5.41, 5.74) is 9.86. The molecule has 168 valence electrons. The standard InChI is InChI=1S/C21H23N5O5S/c1-3-4-7-31-20-16(26(28)29)8-14(9-17(20)30-2)12-23-25-19(27)11-13-5-6-15-18(10-13)32-21(22)24-15/h5-6,8-10,12H,3-4,7,11H2,1-2H3,(H2,22,24)(H,25,27)/b23-12-. The number of carbonyl (C=O) groups is 1. The number of hydrogen-bond donors (Lipinski definition) is 2. The molecular formula is C21H23N5O5S. The van der Waals surface area contributed by atoms with Crippen LogP contribution in [0.1, 0.15) is 30.9 Å². The molecule has 3 aromatic rings. The van der Waals surface area contributed by atoms with Gasteiger partial charge in [-0.15, -0.1) is 0 Å². The van der Waals surface area contributed by atoms with E-state index in [2.05, 4.69) is 15.5 Å². The summed E-state index contributed by atoms with van der Waals surface area (Å²) in [7, 11) is 1.40. The highest BCUT2D eigenvalue weighted by molar-refractivity contribution is 7.22. The summed E-state index contributed by atoms with van der Waals surface area (Å²) in [6.45, 7) is 2.34. The Hall–Kier alpha value is -3.73. The molecule has 3 N–H and O–H groups in total. The molecule has 0 aliphatic heterocycles. The Morgan fingerprint density at radius 2 is 2.19 bits per heavy atom.